The van der Waals surface area contributed by atoms with E-state index in [1.165, 1.54) is 32.2 Å². The fourth-order valence-corrected chi connectivity index (χ4v) is 1.73. The van der Waals surface area contributed by atoms with E-state index >= 15 is 0 Å². The van der Waals surface area contributed by atoms with Crippen molar-refractivity contribution in [3.8, 4) is 0 Å². The van der Waals surface area contributed by atoms with Crippen LogP contribution in [0.2, 0.25) is 0 Å². The van der Waals surface area contributed by atoms with E-state index < -0.39 is 0 Å². The van der Waals surface area contributed by atoms with Crippen molar-refractivity contribution in [2.24, 2.45) is 0 Å². The quantitative estimate of drug-likeness (QED) is 0.566. The van der Waals surface area contributed by atoms with Crippen molar-refractivity contribution < 1.29 is 5.11 Å². The summed E-state index contributed by atoms with van der Waals surface area (Å²) in [6.45, 7) is 9.86. The average Bonchev–Trinajstić information content (AvgIpc) is 2.27. The lowest BCUT2D eigenvalue weighted by Crippen LogP contribution is -2.28. The zero-order chi connectivity index (χ0) is 11.5. The minimum atomic E-state index is -0.102. The van der Waals surface area contributed by atoms with E-state index in [0.717, 1.165) is 25.9 Å². The first-order valence-corrected chi connectivity index (χ1v) is 6.64. The molecule has 0 amide bonds. The molecule has 1 atom stereocenters. The van der Waals surface area contributed by atoms with Gasteiger partial charge in [0.2, 0.25) is 0 Å². The first kappa shape index (κ1) is 14.9. The summed E-state index contributed by atoms with van der Waals surface area (Å²) in [5, 5.41) is 9.49. The van der Waals surface area contributed by atoms with Crippen LogP contribution >= 0.6 is 0 Å². The fraction of sp³-hybridized carbons (Fsp3) is 1.00. The van der Waals surface area contributed by atoms with Crippen LogP contribution in [0, 0.1) is 0 Å². The van der Waals surface area contributed by atoms with E-state index in [1.807, 2.05) is 6.92 Å². The van der Waals surface area contributed by atoms with Crippen LogP contribution in [-0.2, 0) is 0 Å². The Bertz CT molecular complexity index is 128. The Hall–Kier alpha value is -0.0800. The molecule has 1 N–H and O–H groups in total. The molecule has 2 nitrogen and oxygen atoms in total. The van der Waals surface area contributed by atoms with Gasteiger partial charge in [-0.25, -0.2) is 0 Å². The van der Waals surface area contributed by atoms with Crippen LogP contribution in [0.5, 0.6) is 0 Å². The van der Waals surface area contributed by atoms with Gasteiger partial charge in [-0.1, -0.05) is 40.0 Å². The second-order valence-corrected chi connectivity index (χ2v) is 4.35. The Balaban J connectivity index is 3.46. The summed E-state index contributed by atoms with van der Waals surface area (Å²) in [6, 6.07) is 0. The molecular weight excluding hydrogens is 186 g/mol. The largest absolute Gasteiger partial charge is 0.393 e. The van der Waals surface area contributed by atoms with Gasteiger partial charge in [0, 0.05) is 6.54 Å². The zero-order valence-corrected chi connectivity index (χ0v) is 10.8. The number of rotatable bonds is 10. The lowest BCUT2D eigenvalue weighted by molar-refractivity contribution is 0.137. The van der Waals surface area contributed by atoms with Crippen molar-refractivity contribution in [2.45, 2.75) is 65.4 Å². The van der Waals surface area contributed by atoms with Gasteiger partial charge < -0.3 is 10.0 Å². The van der Waals surface area contributed by atoms with E-state index in [9.17, 15) is 5.11 Å². The van der Waals surface area contributed by atoms with Gasteiger partial charge in [-0.3, -0.25) is 0 Å². The molecule has 0 aromatic heterocycles. The summed E-state index contributed by atoms with van der Waals surface area (Å²) in [5.74, 6) is 0. The molecule has 0 aliphatic heterocycles. The molecule has 0 aliphatic rings. The maximum Gasteiger partial charge on any atom is 0.0549 e. The number of nitrogens with zero attached hydrogens (tertiary/aromatic N) is 1. The highest BCUT2D eigenvalue weighted by Gasteiger charge is 2.05. The second-order valence-electron chi connectivity index (χ2n) is 4.35. The van der Waals surface area contributed by atoms with Crippen LogP contribution < -0.4 is 0 Å². The van der Waals surface area contributed by atoms with Gasteiger partial charge in [0.15, 0.2) is 0 Å². The number of unbranched alkanes of at least 4 members (excludes halogenated alkanes) is 3. The molecule has 1 unspecified atom stereocenters. The van der Waals surface area contributed by atoms with Gasteiger partial charge in [-0.15, -0.1) is 0 Å². The van der Waals surface area contributed by atoms with Gasteiger partial charge in [0.25, 0.3) is 0 Å². The topological polar surface area (TPSA) is 23.5 Å². The van der Waals surface area contributed by atoms with Gasteiger partial charge in [-0.05, 0) is 32.4 Å². The molecule has 0 fully saturated rings. The fourth-order valence-electron chi connectivity index (χ4n) is 1.73. The minimum absolute atomic E-state index is 0.102. The highest BCUT2D eigenvalue weighted by atomic mass is 16.3. The molecule has 2 heteroatoms. The highest BCUT2D eigenvalue weighted by molar-refractivity contribution is 4.60. The van der Waals surface area contributed by atoms with Crippen LogP contribution in [-0.4, -0.2) is 35.7 Å². The Labute approximate surface area is 95.7 Å². The second kappa shape index (κ2) is 10.4. The molecule has 0 heterocycles. The zero-order valence-electron chi connectivity index (χ0n) is 10.8. The van der Waals surface area contributed by atoms with Crippen molar-refractivity contribution in [2.75, 3.05) is 19.6 Å². The minimum Gasteiger partial charge on any atom is -0.393 e. The molecular formula is C13H29NO. The van der Waals surface area contributed by atoms with E-state index in [2.05, 4.69) is 18.7 Å². The van der Waals surface area contributed by atoms with E-state index in [-0.39, 0.29) is 6.10 Å². The number of aliphatic hydroxyl groups excluding tert-OH is 1. The third-order valence-corrected chi connectivity index (χ3v) is 3.02. The molecule has 0 saturated heterocycles. The monoisotopic (exact) mass is 215 g/mol. The van der Waals surface area contributed by atoms with E-state index in [0.29, 0.717) is 0 Å². The molecule has 0 rings (SSSR count). The molecule has 0 aromatic carbocycles. The normalized spacial score (nSPS) is 13.4. The summed E-state index contributed by atoms with van der Waals surface area (Å²) in [5.41, 5.74) is 0. The third-order valence-electron chi connectivity index (χ3n) is 3.02. The number of aliphatic hydroxyl groups is 1. The predicted molar refractivity (Wildman–Crippen MR) is 67.2 cm³/mol. The molecule has 0 aliphatic carbocycles. The van der Waals surface area contributed by atoms with Crippen LogP contribution in [0.3, 0.4) is 0 Å². The Morgan fingerprint density at radius 3 is 2.27 bits per heavy atom. The summed E-state index contributed by atoms with van der Waals surface area (Å²) >= 11 is 0. The van der Waals surface area contributed by atoms with Crippen LogP contribution in [0.15, 0.2) is 0 Å². The molecule has 0 spiro atoms. The molecule has 0 saturated carbocycles. The maximum atomic E-state index is 9.49. The van der Waals surface area contributed by atoms with Crippen molar-refractivity contribution in [3.63, 3.8) is 0 Å². The smallest absolute Gasteiger partial charge is 0.0549 e. The summed E-state index contributed by atoms with van der Waals surface area (Å²) in [6.07, 6.45) is 7.03. The predicted octanol–water partition coefficient (Wildman–Crippen LogP) is 3.05. The lowest BCUT2D eigenvalue weighted by atomic mass is 10.1. The summed E-state index contributed by atoms with van der Waals surface area (Å²) in [7, 11) is 0. The average molecular weight is 215 g/mol. The Morgan fingerprint density at radius 2 is 1.73 bits per heavy atom. The third kappa shape index (κ3) is 8.88. The van der Waals surface area contributed by atoms with Crippen molar-refractivity contribution in [1.29, 1.82) is 0 Å². The molecule has 0 aromatic rings. The molecule has 0 radical (unpaired) electrons. The Kier molecular flexibility index (Phi) is 10.4. The van der Waals surface area contributed by atoms with Crippen LogP contribution in [0.25, 0.3) is 0 Å². The summed E-state index contributed by atoms with van der Waals surface area (Å²) in [4.78, 5) is 2.45. The van der Waals surface area contributed by atoms with Gasteiger partial charge >= 0.3 is 0 Å². The lowest BCUT2D eigenvalue weighted by Gasteiger charge is -2.21. The molecule has 15 heavy (non-hydrogen) atoms. The molecule has 0 bridgehead atoms. The number of hydrogen-bond acceptors (Lipinski definition) is 2. The Morgan fingerprint density at radius 1 is 1.00 bits per heavy atom. The maximum absolute atomic E-state index is 9.49. The van der Waals surface area contributed by atoms with Crippen molar-refractivity contribution >= 4 is 0 Å². The van der Waals surface area contributed by atoms with Crippen LogP contribution in [0.4, 0.5) is 0 Å². The van der Waals surface area contributed by atoms with Gasteiger partial charge in [-0.2, -0.15) is 0 Å². The highest BCUT2D eigenvalue weighted by Crippen LogP contribution is 2.04. The van der Waals surface area contributed by atoms with Gasteiger partial charge in [0.05, 0.1) is 6.10 Å². The first-order valence-electron chi connectivity index (χ1n) is 6.64. The van der Waals surface area contributed by atoms with Gasteiger partial charge in [0.1, 0.15) is 0 Å². The SMILES string of the molecule is CCCCCCN(CC)CCC(O)CC. The van der Waals surface area contributed by atoms with E-state index in [1.54, 1.807) is 0 Å². The van der Waals surface area contributed by atoms with Crippen molar-refractivity contribution in [3.05, 3.63) is 0 Å². The molecule has 92 valence electrons. The van der Waals surface area contributed by atoms with E-state index in [4.69, 9.17) is 0 Å². The standard InChI is InChI=1S/C13H29NO/c1-4-7-8-9-11-14(6-3)12-10-13(15)5-2/h13,15H,4-12H2,1-3H3. The first-order chi connectivity index (χ1) is 7.24. The number of hydrogen-bond donors (Lipinski definition) is 1. The summed E-state index contributed by atoms with van der Waals surface area (Å²) < 4.78 is 0. The van der Waals surface area contributed by atoms with Crippen LogP contribution in [0.1, 0.15) is 59.3 Å². The van der Waals surface area contributed by atoms with Crippen molar-refractivity contribution in [1.82, 2.24) is 4.90 Å².